The maximum absolute atomic E-state index is 12.7. The first kappa shape index (κ1) is 24.0. The second-order valence-electron chi connectivity index (χ2n) is 7.75. The average Bonchev–Trinajstić information content (AvgIpc) is 3.26. The first-order chi connectivity index (χ1) is 14.9. The fourth-order valence-electron chi connectivity index (χ4n) is 3.97. The van der Waals surface area contributed by atoms with E-state index in [1.54, 1.807) is 17.0 Å². The van der Waals surface area contributed by atoms with Crippen molar-refractivity contribution in [3.63, 3.8) is 0 Å². The molecule has 1 aliphatic carbocycles. The van der Waals surface area contributed by atoms with Crippen molar-refractivity contribution in [1.29, 1.82) is 0 Å². The normalized spacial score (nSPS) is 25.6. The molecule has 31 heavy (non-hydrogen) atoms. The van der Waals surface area contributed by atoms with Crippen molar-refractivity contribution in [3.05, 3.63) is 39.5 Å². The van der Waals surface area contributed by atoms with Crippen LogP contribution < -0.4 is 10.1 Å². The summed E-state index contributed by atoms with van der Waals surface area (Å²) in [5.41, 5.74) is 0.415. The number of nitrogens with one attached hydrogen (secondary N) is 1. The summed E-state index contributed by atoms with van der Waals surface area (Å²) < 4.78 is 12.6. The van der Waals surface area contributed by atoms with E-state index in [1.807, 2.05) is 18.2 Å². The number of nitrogens with zero attached hydrogens (tertiary/aromatic N) is 1. The van der Waals surface area contributed by atoms with E-state index < -0.39 is 18.2 Å². The highest BCUT2D eigenvalue weighted by Crippen LogP contribution is 2.30. The number of carbonyl (C=O) groups excluding carboxylic acids is 2. The van der Waals surface area contributed by atoms with E-state index in [9.17, 15) is 14.7 Å². The van der Waals surface area contributed by atoms with Crippen LogP contribution in [0.1, 0.15) is 26.2 Å². The molecule has 4 unspecified atom stereocenters. The lowest BCUT2D eigenvalue weighted by molar-refractivity contribution is -0.138. The lowest BCUT2D eigenvalue weighted by atomic mass is 9.88. The number of halogens is 1. The SMILES string of the molecule is CC(=O)N(CC1CCCO1)C1CC(C(=O)NCCO)=CC(Oc2ccccc2I)C1O. The van der Waals surface area contributed by atoms with Crippen LogP contribution in [-0.2, 0) is 14.3 Å². The topological polar surface area (TPSA) is 108 Å². The van der Waals surface area contributed by atoms with E-state index in [0.29, 0.717) is 24.5 Å². The molecule has 1 aromatic carbocycles. The maximum atomic E-state index is 12.7. The Morgan fingerprint density at radius 3 is 2.77 bits per heavy atom. The van der Waals surface area contributed by atoms with Crippen LogP contribution in [0.4, 0.5) is 0 Å². The molecular formula is C22H29IN2O6. The van der Waals surface area contributed by atoms with Crippen LogP contribution >= 0.6 is 22.6 Å². The molecule has 1 fully saturated rings. The molecule has 1 heterocycles. The van der Waals surface area contributed by atoms with E-state index in [1.165, 1.54) is 6.92 Å². The van der Waals surface area contributed by atoms with E-state index >= 15 is 0 Å². The molecule has 9 heteroatoms. The summed E-state index contributed by atoms with van der Waals surface area (Å²) >= 11 is 2.15. The van der Waals surface area contributed by atoms with Gasteiger partial charge in [-0.1, -0.05) is 12.1 Å². The van der Waals surface area contributed by atoms with E-state index in [-0.39, 0.29) is 37.5 Å². The lowest BCUT2D eigenvalue weighted by Gasteiger charge is -2.41. The minimum Gasteiger partial charge on any atom is -0.482 e. The number of amides is 2. The number of benzene rings is 1. The summed E-state index contributed by atoms with van der Waals surface area (Å²) in [4.78, 5) is 26.8. The van der Waals surface area contributed by atoms with E-state index in [2.05, 4.69) is 27.9 Å². The number of para-hydroxylation sites is 1. The average molecular weight is 544 g/mol. The zero-order valence-electron chi connectivity index (χ0n) is 17.5. The first-order valence-corrected chi connectivity index (χ1v) is 11.6. The predicted molar refractivity (Wildman–Crippen MR) is 123 cm³/mol. The van der Waals surface area contributed by atoms with Crippen LogP contribution in [0.5, 0.6) is 5.75 Å². The summed E-state index contributed by atoms with van der Waals surface area (Å²) in [7, 11) is 0. The Kier molecular flexibility index (Phi) is 8.70. The molecule has 0 radical (unpaired) electrons. The molecule has 1 saturated heterocycles. The van der Waals surface area contributed by atoms with Crippen molar-refractivity contribution in [2.45, 2.75) is 50.5 Å². The second kappa shape index (κ2) is 11.3. The molecule has 8 nitrogen and oxygen atoms in total. The number of aliphatic hydroxyl groups excluding tert-OH is 2. The summed E-state index contributed by atoms with van der Waals surface area (Å²) in [6, 6.07) is 6.78. The van der Waals surface area contributed by atoms with Gasteiger partial charge in [-0.15, -0.1) is 0 Å². The van der Waals surface area contributed by atoms with Gasteiger partial charge in [0.2, 0.25) is 11.8 Å². The Morgan fingerprint density at radius 2 is 2.13 bits per heavy atom. The van der Waals surface area contributed by atoms with Crippen LogP contribution in [0.25, 0.3) is 0 Å². The molecule has 0 saturated carbocycles. The zero-order chi connectivity index (χ0) is 22.4. The molecule has 3 N–H and O–H groups in total. The first-order valence-electron chi connectivity index (χ1n) is 10.5. The summed E-state index contributed by atoms with van der Waals surface area (Å²) in [5, 5.41) is 22.9. The van der Waals surface area contributed by atoms with Crippen LogP contribution in [0.3, 0.4) is 0 Å². The Hall–Kier alpha value is -1.69. The third-order valence-corrected chi connectivity index (χ3v) is 6.43. The van der Waals surface area contributed by atoms with Gasteiger partial charge in [-0.25, -0.2) is 0 Å². The number of rotatable bonds is 8. The molecule has 2 aliphatic rings. The molecule has 3 rings (SSSR count). The quantitative estimate of drug-likeness (QED) is 0.426. The van der Waals surface area contributed by atoms with Gasteiger partial charge in [0, 0.05) is 38.6 Å². The van der Waals surface area contributed by atoms with Gasteiger partial charge in [-0.3, -0.25) is 9.59 Å². The van der Waals surface area contributed by atoms with Gasteiger partial charge in [0.25, 0.3) is 0 Å². The smallest absolute Gasteiger partial charge is 0.247 e. The molecule has 1 aliphatic heterocycles. The number of carbonyl (C=O) groups is 2. The minimum atomic E-state index is -1.02. The van der Waals surface area contributed by atoms with E-state index in [4.69, 9.17) is 14.6 Å². The Morgan fingerprint density at radius 1 is 1.35 bits per heavy atom. The lowest BCUT2D eigenvalue weighted by Crippen LogP contribution is -2.56. The molecule has 1 aromatic rings. The fourth-order valence-corrected chi connectivity index (χ4v) is 4.49. The molecule has 0 bridgehead atoms. The standard InChI is InChI=1S/C22H29IN2O6/c1-14(27)25(13-16-5-4-10-30-16)18-11-15(22(29)24-8-9-26)12-20(21(18)28)31-19-7-3-2-6-17(19)23/h2-3,6-7,12,16,18,20-21,26,28H,4-5,8-11,13H2,1H3,(H,24,29). The van der Waals surface area contributed by atoms with Gasteiger partial charge in [0.15, 0.2) is 0 Å². The Balaban J connectivity index is 1.87. The second-order valence-corrected chi connectivity index (χ2v) is 8.91. The van der Waals surface area contributed by atoms with Gasteiger partial charge >= 0.3 is 0 Å². The monoisotopic (exact) mass is 544 g/mol. The Bertz CT molecular complexity index is 811. The number of hydrogen-bond donors (Lipinski definition) is 3. The number of hydrogen-bond acceptors (Lipinski definition) is 6. The molecule has 0 aromatic heterocycles. The van der Waals surface area contributed by atoms with Gasteiger partial charge in [-0.05, 0) is 53.6 Å². The van der Waals surface area contributed by atoms with Crippen LogP contribution in [-0.4, -0.2) is 77.6 Å². The van der Waals surface area contributed by atoms with Crippen molar-refractivity contribution in [1.82, 2.24) is 10.2 Å². The van der Waals surface area contributed by atoms with Crippen molar-refractivity contribution in [2.75, 3.05) is 26.3 Å². The van der Waals surface area contributed by atoms with Crippen molar-refractivity contribution in [2.24, 2.45) is 0 Å². The van der Waals surface area contributed by atoms with Gasteiger partial charge in [-0.2, -0.15) is 0 Å². The third kappa shape index (κ3) is 6.18. The predicted octanol–water partition coefficient (Wildman–Crippen LogP) is 1.23. The molecule has 170 valence electrons. The van der Waals surface area contributed by atoms with Crippen LogP contribution in [0.2, 0.25) is 0 Å². The summed E-state index contributed by atoms with van der Waals surface area (Å²) in [6.07, 6.45) is 1.69. The summed E-state index contributed by atoms with van der Waals surface area (Å²) in [6.45, 7) is 2.43. The van der Waals surface area contributed by atoms with Crippen molar-refractivity contribution >= 4 is 34.4 Å². The van der Waals surface area contributed by atoms with Crippen LogP contribution in [0, 0.1) is 3.57 Å². The minimum absolute atomic E-state index is 0.0805. The van der Waals surface area contributed by atoms with Crippen molar-refractivity contribution < 1.29 is 29.3 Å². The van der Waals surface area contributed by atoms with Crippen LogP contribution in [0.15, 0.2) is 35.9 Å². The van der Waals surface area contributed by atoms with Gasteiger partial charge < -0.3 is 29.9 Å². The number of ether oxygens (including phenoxy) is 2. The third-order valence-electron chi connectivity index (χ3n) is 5.54. The molecule has 4 atom stereocenters. The maximum Gasteiger partial charge on any atom is 0.247 e. The summed E-state index contributed by atoms with van der Waals surface area (Å²) in [5.74, 6) is 0.0557. The molecule has 2 amide bonds. The van der Waals surface area contributed by atoms with E-state index in [0.717, 1.165) is 16.4 Å². The fraction of sp³-hybridized carbons (Fsp3) is 0.545. The molecular weight excluding hydrogens is 515 g/mol. The Labute approximate surface area is 195 Å². The van der Waals surface area contributed by atoms with Gasteiger partial charge in [0.05, 0.1) is 22.3 Å². The highest BCUT2D eigenvalue weighted by atomic mass is 127. The number of aliphatic hydroxyl groups is 2. The highest BCUT2D eigenvalue weighted by Gasteiger charge is 2.40. The molecule has 0 spiro atoms. The largest absolute Gasteiger partial charge is 0.482 e. The van der Waals surface area contributed by atoms with Crippen molar-refractivity contribution in [3.8, 4) is 5.75 Å². The zero-order valence-corrected chi connectivity index (χ0v) is 19.7. The van der Waals surface area contributed by atoms with Gasteiger partial charge in [0.1, 0.15) is 18.0 Å². The highest BCUT2D eigenvalue weighted by molar-refractivity contribution is 14.1.